The van der Waals surface area contributed by atoms with E-state index in [9.17, 15) is 4.79 Å². The Labute approximate surface area is 56.1 Å². The molecule has 1 amide bonds. The van der Waals surface area contributed by atoms with Gasteiger partial charge >= 0.3 is 0 Å². The number of hydrogen-bond donors (Lipinski definition) is 2. The molecule has 0 bridgehead atoms. The van der Waals surface area contributed by atoms with Crippen LogP contribution in [0.1, 0.15) is 0 Å². The molecule has 5 heteroatoms. The summed E-state index contributed by atoms with van der Waals surface area (Å²) in [5, 5.41) is 0. The number of nitrogens with one attached hydrogen (secondary N) is 1. The Morgan fingerprint density at radius 2 is 2.50 bits per heavy atom. The Kier molecular flexibility index (Phi) is 5.36. The maximum Gasteiger partial charge on any atom is 0.244 e. The number of nitrogens with two attached hydrogens (primary N) is 1. The fourth-order valence-corrected chi connectivity index (χ4v) is 1.14. The van der Waals surface area contributed by atoms with Crippen molar-refractivity contribution in [2.45, 2.75) is 0 Å². The Balaban J connectivity index is 2.99. The van der Waals surface area contributed by atoms with E-state index in [0.717, 1.165) is 0 Å². The standard InChI is InChI=1S/C3H8N2OS2/c1-7-8-2-3(6)5-4/h2,4H2,1H3,(H,5,6). The third-order valence-corrected chi connectivity index (χ3v) is 2.15. The first-order valence-corrected chi connectivity index (χ1v) is 4.69. The van der Waals surface area contributed by atoms with Gasteiger partial charge in [0.15, 0.2) is 0 Å². The normalized spacial score (nSPS) is 8.75. The van der Waals surface area contributed by atoms with Crippen molar-refractivity contribution >= 4 is 27.5 Å². The Bertz CT molecular complexity index is 77.7. The van der Waals surface area contributed by atoms with Crippen LogP contribution in [-0.4, -0.2) is 17.9 Å². The second-order valence-corrected chi connectivity index (χ2v) is 3.56. The van der Waals surface area contributed by atoms with Crippen molar-refractivity contribution in [3.05, 3.63) is 0 Å². The molecule has 0 saturated heterocycles. The molecule has 48 valence electrons. The van der Waals surface area contributed by atoms with Crippen LogP contribution in [0.15, 0.2) is 0 Å². The van der Waals surface area contributed by atoms with Crippen LogP contribution in [0.25, 0.3) is 0 Å². The lowest BCUT2D eigenvalue weighted by Gasteiger charge is -1.93. The number of carbonyl (C=O) groups is 1. The second kappa shape index (κ2) is 5.27. The molecule has 0 spiro atoms. The first-order valence-electron chi connectivity index (χ1n) is 1.96. The summed E-state index contributed by atoms with van der Waals surface area (Å²) in [6.45, 7) is 0. The van der Waals surface area contributed by atoms with Crippen molar-refractivity contribution in [1.82, 2.24) is 5.43 Å². The molecule has 0 fully saturated rings. The summed E-state index contributed by atoms with van der Waals surface area (Å²) >= 11 is 0. The highest BCUT2D eigenvalue weighted by molar-refractivity contribution is 8.76. The summed E-state index contributed by atoms with van der Waals surface area (Å²) in [4.78, 5) is 10.3. The van der Waals surface area contributed by atoms with Crippen molar-refractivity contribution in [3.63, 3.8) is 0 Å². The zero-order chi connectivity index (χ0) is 6.41. The van der Waals surface area contributed by atoms with E-state index in [-0.39, 0.29) is 5.91 Å². The summed E-state index contributed by atoms with van der Waals surface area (Å²) < 4.78 is 0. The molecule has 3 N–H and O–H groups in total. The van der Waals surface area contributed by atoms with Crippen LogP contribution >= 0.6 is 21.6 Å². The van der Waals surface area contributed by atoms with Gasteiger partial charge in [-0.1, -0.05) is 21.6 Å². The van der Waals surface area contributed by atoms with Gasteiger partial charge in [-0.15, -0.1) is 0 Å². The SMILES string of the molecule is CSSCC(=O)NN. The average molecular weight is 152 g/mol. The minimum Gasteiger partial charge on any atom is -0.294 e. The van der Waals surface area contributed by atoms with E-state index < -0.39 is 0 Å². The molecule has 0 aromatic rings. The molecule has 8 heavy (non-hydrogen) atoms. The highest BCUT2D eigenvalue weighted by Crippen LogP contribution is 2.14. The minimum atomic E-state index is -0.135. The van der Waals surface area contributed by atoms with Gasteiger partial charge in [-0.25, -0.2) is 5.84 Å². The summed E-state index contributed by atoms with van der Waals surface area (Å²) in [6.07, 6.45) is 1.91. The predicted octanol–water partition coefficient (Wildman–Crippen LogP) is -0.0125. The van der Waals surface area contributed by atoms with Gasteiger partial charge in [0, 0.05) is 0 Å². The summed E-state index contributed by atoms with van der Waals surface area (Å²) in [7, 11) is 3.01. The number of hydrogen-bond acceptors (Lipinski definition) is 4. The molecular weight excluding hydrogens is 144 g/mol. The molecule has 0 aromatic heterocycles. The number of carbonyl (C=O) groups excluding carboxylic acids is 1. The lowest BCUT2D eigenvalue weighted by atomic mass is 10.8. The first-order chi connectivity index (χ1) is 3.81. The van der Waals surface area contributed by atoms with Crippen molar-refractivity contribution in [1.29, 1.82) is 0 Å². The Morgan fingerprint density at radius 1 is 1.88 bits per heavy atom. The van der Waals surface area contributed by atoms with Gasteiger partial charge in [0.25, 0.3) is 0 Å². The maximum absolute atomic E-state index is 10.3. The van der Waals surface area contributed by atoms with Gasteiger partial charge < -0.3 is 0 Å². The third kappa shape index (κ3) is 4.29. The van der Waals surface area contributed by atoms with Crippen LogP contribution in [0, 0.1) is 0 Å². The molecular formula is C3H8N2OS2. The topological polar surface area (TPSA) is 55.1 Å². The number of hydrazine groups is 1. The van der Waals surface area contributed by atoms with Crippen molar-refractivity contribution in [2.75, 3.05) is 12.0 Å². The van der Waals surface area contributed by atoms with E-state index in [4.69, 9.17) is 5.84 Å². The number of amides is 1. The van der Waals surface area contributed by atoms with Crippen LogP contribution in [0.4, 0.5) is 0 Å². The van der Waals surface area contributed by atoms with Crippen molar-refractivity contribution in [3.8, 4) is 0 Å². The lowest BCUT2D eigenvalue weighted by Crippen LogP contribution is -2.31. The third-order valence-electron chi connectivity index (χ3n) is 0.469. The van der Waals surface area contributed by atoms with Crippen LogP contribution in [0.3, 0.4) is 0 Å². The molecule has 3 nitrogen and oxygen atoms in total. The van der Waals surface area contributed by atoms with E-state index >= 15 is 0 Å². The lowest BCUT2D eigenvalue weighted by molar-refractivity contribution is -0.118. The largest absolute Gasteiger partial charge is 0.294 e. The Morgan fingerprint density at radius 3 is 2.88 bits per heavy atom. The molecule has 0 saturated carbocycles. The molecule has 0 radical (unpaired) electrons. The maximum atomic E-state index is 10.3. The smallest absolute Gasteiger partial charge is 0.244 e. The van der Waals surface area contributed by atoms with Crippen molar-refractivity contribution in [2.24, 2.45) is 5.84 Å². The summed E-state index contributed by atoms with van der Waals surface area (Å²) in [5.74, 6) is 5.08. The van der Waals surface area contributed by atoms with Gasteiger partial charge in [-0.3, -0.25) is 10.2 Å². The van der Waals surface area contributed by atoms with Gasteiger partial charge in [-0.2, -0.15) is 0 Å². The van der Waals surface area contributed by atoms with E-state index in [1.165, 1.54) is 10.8 Å². The van der Waals surface area contributed by atoms with Crippen LogP contribution < -0.4 is 11.3 Å². The number of rotatable bonds is 3. The van der Waals surface area contributed by atoms with E-state index in [1.807, 2.05) is 11.7 Å². The monoisotopic (exact) mass is 152 g/mol. The fourth-order valence-electron chi connectivity index (χ4n) is 0.154. The molecule has 0 rings (SSSR count). The van der Waals surface area contributed by atoms with E-state index in [0.29, 0.717) is 5.75 Å². The molecule has 0 aliphatic heterocycles. The molecule has 0 aliphatic rings. The van der Waals surface area contributed by atoms with Crippen LogP contribution in [0.2, 0.25) is 0 Å². The first kappa shape index (κ1) is 8.13. The van der Waals surface area contributed by atoms with Crippen LogP contribution in [-0.2, 0) is 4.79 Å². The highest BCUT2D eigenvalue weighted by Gasteiger charge is 1.94. The fraction of sp³-hybridized carbons (Fsp3) is 0.667. The summed E-state index contributed by atoms with van der Waals surface area (Å²) in [6, 6.07) is 0. The summed E-state index contributed by atoms with van der Waals surface area (Å²) in [5.41, 5.74) is 2.03. The van der Waals surface area contributed by atoms with Gasteiger partial charge in [0.2, 0.25) is 5.91 Å². The Hall–Kier alpha value is 0.130. The molecule has 0 heterocycles. The highest BCUT2D eigenvalue weighted by atomic mass is 33.1. The van der Waals surface area contributed by atoms with Gasteiger partial charge in [0.1, 0.15) is 0 Å². The van der Waals surface area contributed by atoms with Crippen LogP contribution in [0.5, 0.6) is 0 Å². The second-order valence-electron chi connectivity index (χ2n) is 0.996. The van der Waals surface area contributed by atoms with Gasteiger partial charge in [-0.05, 0) is 6.26 Å². The quantitative estimate of drug-likeness (QED) is 0.258. The molecule has 0 unspecified atom stereocenters. The molecule has 0 aliphatic carbocycles. The molecule has 0 atom stereocenters. The zero-order valence-electron chi connectivity index (χ0n) is 4.51. The predicted molar refractivity (Wildman–Crippen MR) is 38.3 cm³/mol. The minimum absolute atomic E-state index is 0.135. The van der Waals surface area contributed by atoms with Gasteiger partial charge in [0.05, 0.1) is 5.75 Å². The molecule has 0 aromatic carbocycles. The van der Waals surface area contributed by atoms with E-state index in [2.05, 4.69) is 0 Å². The average Bonchev–Trinajstić information content (AvgIpc) is 1.83. The zero-order valence-corrected chi connectivity index (χ0v) is 6.14. The van der Waals surface area contributed by atoms with Crippen molar-refractivity contribution < 1.29 is 4.79 Å². The van der Waals surface area contributed by atoms with E-state index in [1.54, 1.807) is 10.8 Å².